The summed E-state index contributed by atoms with van der Waals surface area (Å²) in [5.41, 5.74) is -1.82. The van der Waals surface area contributed by atoms with E-state index in [9.17, 15) is 35.9 Å². The van der Waals surface area contributed by atoms with Gasteiger partial charge in [0.25, 0.3) is 5.91 Å². The van der Waals surface area contributed by atoms with Gasteiger partial charge in [-0.3, -0.25) is 19.3 Å². The molecule has 0 spiro atoms. The van der Waals surface area contributed by atoms with E-state index in [-0.39, 0.29) is 31.6 Å². The number of rotatable bonds is 4. The zero-order valence-electron chi connectivity index (χ0n) is 26.8. The number of allylic oxidation sites excluding steroid dienone is 1. The van der Waals surface area contributed by atoms with E-state index in [0.717, 1.165) is 5.57 Å². The number of aromatic nitrogens is 3. The van der Waals surface area contributed by atoms with E-state index >= 15 is 0 Å². The van der Waals surface area contributed by atoms with Crippen molar-refractivity contribution in [1.29, 1.82) is 0 Å². The van der Waals surface area contributed by atoms with Crippen molar-refractivity contribution in [2.24, 2.45) is 0 Å². The largest absolute Gasteiger partial charge is 0.443 e. The van der Waals surface area contributed by atoms with Crippen LogP contribution in [0.5, 0.6) is 0 Å². The second-order valence-electron chi connectivity index (χ2n) is 13.3. The number of amides is 1. The van der Waals surface area contributed by atoms with Gasteiger partial charge in [-0.2, -0.15) is 26.3 Å². The lowest BCUT2D eigenvalue weighted by Gasteiger charge is -2.48. The molecule has 0 aliphatic carbocycles. The predicted octanol–water partition coefficient (Wildman–Crippen LogP) is 7.82. The van der Waals surface area contributed by atoms with E-state index in [1.165, 1.54) is 9.47 Å². The number of hydrogen-bond acceptors (Lipinski definition) is 6. The molecule has 6 rings (SSSR count). The number of ether oxygens (including phenoxy) is 1. The molecule has 2 aromatic carbocycles. The lowest BCUT2D eigenvalue weighted by molar-refractivity contribution is -0.143. The molecule has 1 fully saturated rings. The van der Waals surface area contributed by atoms with Crippen LogP contribution < -0.4 is 0 Å². The maximum atomic E-state index is 14.1. The summed E-state index contributed by atoms with van der Waals surface area (Å²) < 4.78 is 89.6. The summed E-state index contributed by atoms with van der Waals surface area (Å²) in [6.45, 7) is 5.48. The van der Waals surface area contributed by atoms with Gasteiger partial charge >= 0.3 is 18.4 Å². The van der Waals surface area contributed by atoms with E-state index in [1.807, 2.05) is 11.1 Å². The highest BCUT2D eigenvalue weighted by Crippen LogP contribution is 2.38. The highest BCUT2D eigenvalue weighted by atomic mass is 19.4. The Labute approximate surface area is 278 Å². The third-order valence-corrected chi connectivity index (χ3v) is 8.64. The smallest absolute Gasteiger partial charge is 0.419 e. The highest BCUT2D eigenvalue weighted by Gasteiger charge is 2.41. The zero-order valence-corrected chi connectivity index (χ0v) is 26.8. The van der Waals surface area contributed by atoms with E-state index in [1.54, 1.807) is 69.8 Å². The molecule has 14 heteroatoms. The molecule has 0 radical (unpaired) electrons. The Balaban J connectivity index is 1.41. The number of para-hydroxylation sites is 1. The molecular weight excluding hydrogens is 652 g/mol. The first-order valence-electron chi connectivity index (χ1n) is 15.6. The second kappa shape index (κ2) is 12.5. The SMILES string of the molecule is CC(C)(C)OC(=O)n1cc(C[C@@H]2CN3C=C(c4cnccn4)CC[C@@H]3CN2C(=O)c2cc(C(F)(F)F)cc(C(F)(F)F)c2)c2ccccc21. The fourth-order valence-electron chi connectivity index (χ4n) is 6.43. The van der Waals surface area contributed by atoms with Crippen LogP contribution in [0.25, 0.3) is 16.5 Å². The molecule has 49 heavy (non-hydrogen) atoms. The van der Waals surface area contributed by atoms with E-state index in [4.69, 9.17) is 4.74 Å². The number of carbonyl (C=O) groups is 2. The first-order valence-corrected chi connectivity index (χ1v) is 15.6. The number of fused-ring (bicyclic) bond motifs is 2. The maximum Gasteiger partial charge on any atom is 0.419 e. The standard InChI is InChI=1S/C35H33F6N5O3/c1-33(2,3)49-32(48)46-18-23(28-6-4-5-7-30(28)46)14-27-19-44-17-21(29-16-42-10-11-43-29)8-9-26(44)20-45(27)31(47)22-12-24(34(36,37)38)15-25(13-22)35(39,40)41/h4-7,10-13,15-18,26-27H,8-9,14,19-20H2,1-3H3/t26-,27-/m1/s1. The Hall–Kier alpha value is -4.88. The number of piperazine rings is 1. The van der Waals surface area contributed by atoms with Crippen molar-refractivity contribution >= 4 is 28.5 Å². The predicted molar refractivity (Wildman–Crippen MR) is 168 cm³/mol. The van der Waals surface area contributed by atoms with Crippen LogP contribution in [0.2, 0.25) is 0 Å². The monoisotopic (exact) mass is 685 g/mol. The zero-order chi connectivity index (χ0) is 35.3. The summed E-state index contributed by atoms with van der Waals surface area (Å²) in [5.74, 6) is -0.944. The van der Waals surface area contributed by atoms with Crippen molar-refractivity contribution in [2.75, 3.05) is 13.1 Å². The fraction of sp³-hybridized carbons (Fsp3) is 0.371. The van der Waals surface area contributed by atoms with Crippen LogP contribution in [0, 0.1) is 0 Å². The average molecular weight is 686 g/mol. The molecule has 2 aromatic heterocycles. The number of alkyl halides is 6. The minimum Gasteiger partial charge on any atom is -0.443 e. The lowest BCUT2D eigenvalue weighted by atomic mass is 9.91. The summed E-state index contributed by atoms with van der Waals surface area (Å²) in [6, 6.07) is 7.09. The molecule has 0 unspecified atom stereocenters. The minimum absolute atomic E-state index is 0.0116. The number of hydrogen-bond donors (Lipinski definition) is 0. The molecule has 4 aromatic rings. The lowest BCUT2D eigenvalue weighted by Crippen LogP contribution is -2.59. The first kappa shape index (κ1) is 34.0. The van der Waals surface area contributed by atoms with E-state index in [2.05, 4.69) is 9.97 Å². The molecule has 258 valence electrons. The van der Waals surface area contributed by atoms with Crippen LogP contribution >= 0.6 is 0 Å². The topological polar surface area (TPSA) is 80.6 Å². The van der Waals surface area contributed by atoms with E-state index in [0.29, 0.717) is 47.1 Å². The van der Waals surface area contributed by atoms with Gasteiger partial charge in [0.15, 0.2) is 0 Å². The van der Waals surface area contributed by atoms with Crippen LogP contribution in [-0.2, 0) is 23.5 Å². The summed E-state index contributed by atoms with van der Waals surface area (Å²) in [7, 11) is 0. The molecular formula is C35H33F6N5O3. The van der Waals surface area contributed by atoms with Crippen molar-refractivity contribution in [2.45, 2.75) is 70.1 Å². The molecule has 1 amide bonds. The van der Waals surface area contributed by atoms with Gasteiger partial charge in [0.05, 0.1) is 34.6 Å². The molecule has 4 heterocycles. The molecule has 0 N–H and O–H groups in total. The van der Waals surface area contributed by atoms with Gasteiger partial charge in [0.1, 0.15) is 5.60 Å². The summed E-state index contributed by atoms with van der Waals surface area (Å²) in [4.78, 5) is 39.3. The van der Waals surface area contributed by atoms with Gasteiger partial charge in [-0.15, -0.1) is 0 Å². The van der Waals surface area contributed by atoms with Crippen LogP contribution in [-0.4, -0.2) is 67.1 Å². The molecule has 2 aliphatic heterocycles. The number of nitrogens with zero attached hydrogens (tertiary/aromatic N) is 5. The average Bonchev–Trinajstić information content (AvgIpc) is 3.41. The molecule has 2 aliphatic rings. The van der Waals surface area contributed by atoms with Crippen molar-refractivity contribution < 1.29 is 40.7 Å². The number of benzene rings is 2. The third-order valence-electron chi connectivity index (χ3n) is 8.64. The third kappa shape index (κ3) is 7.27. The maximum absolute atomic E-state index is 14.1. The summed E-state index contributed by atoms with van der Waals surface area (Å²) in [5, 5.41) is 0.691. The fourth-order valence-corrected chi connectivity index (χ4v) is 6.43. The number of halogens is 6. The van der Waals surface area contributed by atoms with Gasteiger partial charge in [-0.1, -0.05) is 18.2 Å². The molecule has 0 bridgehead atoms. The van der Waals surface area contributed by atoms with Crippen molar-refractivity contribution in [3.05, 3.63) is 101 Å². The van der Waals surface area contributed by atoms with Crippen molar-refractivity contribution in [3.63, 3.8) is 0 Å². The van der Waals surface area contributed by atoms with Crippen molar-refractivity contribution in [3.8, 4) is 0 Å². The van der Waals surface area contributed by atoms with Gasteiger partial charge in [-0.25, -0.2) is 4.79 Å². The first-order chi connectivity index (χ1) is 23.0. The van der Waals surface area contributed by atoms with Crippen LogP contribution in [0.3, 0.4) is 0 Å². The van der Waals surface area contributed by atoms with Gasteiger partial charge in [0.2, 0.25) is 0 Å². The molecule has 8 nitrogen and oxygen atoms in total. The second-order valence-corrected chi connectivity index (χ2v) is 13.3. The van der Waals surface area contributed by atoms with Crippen LogP contribution in [0.1, 0.15) is 66.4 Å². The molecule has 1 saturated heterocycles. The van der Waals surface area contributed by atoms with Crippen LogP contribution in [0.4, 0.5) is 31.1 Å². The van der Waals surface area contributed by atoms with Gasteiger partial charge < -0.3 is 14.5 Å². The normalized spacial score (nSPS) is 18.7. The van der Waals surface area contributed by atoms with Gasteiger partial charge in [-0.05, 0) is 75.4 Å². The van der Waals surface area contributed by atoms with Crippen molar-refractivity contribution in [1.82, 2.24) is 24.3 Å². The van der Waals surface area contributed by atoms with Gasteiger partial charge in [0, 0.05) is 54.9 Å². The Morgan fingerprint density at radius 1 is 0.939 bits per heavy atom. The van der Waals surface area contributed by atoms with E-state index < -0.39 is 52.7 Å². The Morgan fingerprint density at radius 2 is 1.63 bits per heavy atom. The Bertz CT molecular complexity index is 1880. The Morgan fingerprint density at radius 3 is 2.27 bits per heavy atom. The molecule has 0 saturated carbocycles. The quantitative estimate of drug-likeness (QED) is 0.204. The summed E-state index contributed by atoms with van der Waals surface area (Å²) in [6.07, 6.45) is -1.24. The molecule has 2 atom stereocenters. The minimum atomic E-state index is -5.11. The number of carbonyl (C=O) groups excluding carboxylic acids is 2. The highest BCUT2D eigenvalue weighted by molar-refractivity contribution is 5.95. The van der Waals surface area contributed by atoms with Crippen LogP contribution in [0.15, 0.2) is 73.5 Å². The summed E-state index contributed by atoms with van der Waals surface area (Å²) >= 11 is 0. The Kier molecular flexibility index (Phi) is 8.70.